The topological polar surface area (TPSA) is 66.1 Å². The van der Waals surface area contributed by atoms with Crippen molar-refractivity contribution < 1.29 is 22.4 Å². The van der Waals surface area contributed by atoms with E-state index in [0.717, 1.165) is 18.2 Å². The summed E-state index contributed by atoms with van der Waals surface area (Å²) < 4.78 is 53.0. The average molecular weight is 393 g/mol. The Bertz CT molecular complexity index is 1110. The van der Waals surface area contributed by atoms with Crippen molar-refractivity contribution in [2.24, 2.45) is 0 Å². The van der Waals surface area contributed by atoms with Gasteiger partial charge in [-0.25, -0.2) is 22.7 Å². The van der Waals surface area contributed by atoms with Gasteiger partial charge in [0.15, 0.2) is 11.6 Å². The van der Waals surface area contributed by atoms with Crippen LogP contribution >= 0.6 is 0 Å². The number of H-pyrrole nitrogens is 1. The zero-order chi connectivity index (χ0) is 20.6. The maximum atomic E-state index is 13.7. The average Bonchev–Trinajstić information content (AvgIpc) is 2.68. The number of aromatic amines is 1. The Morgan fingerprint density at radius 3 is 2.39 bits per heavy atom. The highest BCUT2D eigenvalue weighted by molar-refractivity contribution is 5.95. The van der Waals surface area contributed by atoms with Crippen molar-refractivity contribution in [2.45, 2.75) is 19.4 Å². The van der Waals surface area contributed by atoms with Crippen molar-refractivity contribution in [3.05, 3.63) is 75.2 Å². The maximum Gasteiger partial charge on any atom is 0.272 e. The minimum absolute atomic E-state index is 0.0399. The molecule has 9 heteroatoms. The van der Waals surface area contributed by atoms with Crippen LogP contribution in [0.2, 0.25) is 0 Å². The molecule has 0 saturated carbocycles. The van der Waals surface area contributed by atoms with Crippen LogP contribution in [-0.2, 0) is 0 Å². The molecule has 0 saturated heterocycles. The molecule has 0 fully saturated rings. The number of hydrogen-bond acceptors (Lipinski definition) is 3. The molecule has 0 bridgehead atoms. The summed E-state index contributed by atoms with van der Waals surface area (Å²) in [6, 6.07) is 5.86. The third-order valence-electron chi connectivity index (χ3n) is 4.54. The Morgan fingerprint density at radius 2 is 1.75 bits per heavy atom. The minimum Gasteiger partial charge on any atom is -0.333 e. The molecule has 1 N–H and O–H groups in total. The SMILES string of the molecule is C[C@@H](c1n[nH]c(=O)c2cc(F)c(F)cc12)N(C)C(=O)c1cccc(C(F)F)c1. The largest absolute Gasteiger partial charge is 0.333 e. The fraction of sp³-hybridized carbons (Fsp3) is 0.211. The molecule has 0 radical (unpaired) electrons. The second-order valence-corrected chi connectivity index (χ2v) is 6.27. The van der Waals surface area contributed by atoms with Crippen molar-refractivity contribution in [2.75, 3.05) is 7.05 Å². The van der Waals surface area contributed by atoms with Gasteiger partial charge in [0.05, 0.1) is 17.1 Å². The van der Waals surface area contributed by atoms with Crippen LogP contribution in [-0.4, -0.2) is 28.1 Å². The summed E-state index contributed by atoms with van der Waals surface area (Å²) in [5.41, 5.74) is -0.826. The van der Waals surface area contributed by atoms with Gasteiger partial charge in [0.2, 0.25) is 0 Å². The van der Waals surface area contributed by atoms with E-state index in [9.17, 15) is 27.2 Å². The van der Waals surface area contributed by atoms with Gasteiger partial charge >= 0.3 is 0 Å². The van der Waals surface area contributed by atoms with E-state index in [2.05, 4.69) is 10.2 Å². The smallest absolute Gasteiger partial charge is 0.272 e. The van der Waals surface area contributed by atoms with Crippen molar-refractivity contribution in [1.29, 1.82) is 0 Å². The fourth-order valence-corrected chi connectivity index (χ4v) is 2.87. The van der Waals surface area contributed by atoms with Gasteiger partial charge in [-0.1, -0.05) is 12.1 Å². The lowest BCUT2D eigenvalue weighted by atomic mass is 10.0. The fourth-order valence-electron chi connectivity index (χ4n) is 2.87. The molecule has 0 spiro atoms. The van der Waals surface area contributed by atoms with Gasteiger partial charge in [0.1, 0.15) is 0 Å². The molecular weight excluding hydrogens is 378 g/mol. The van der Waals surface area contributed by atoms with E-state index in [1.807, 2.05) is 0 Å². The number of carbonyl (C=O) groups is 1. The number of fused-ring (bicyclic) bond motifs is 1. The third-order valence-corrected chi connectivity index (χ3v) is 4.54. The molecular formula is C19H15F4N3O2. The molecule has 0 aliphatic carbocycles. The van der Waals surface area contributed by atoms with E-state index in [-0.39, 0.29) is 27.6 Å². The Kier molecular flexibility index (Phi) is 5.17. The van der Waals surface area contributed by atoms with Crippen LogP contribution in [0.1, 0.15) is 41.0 Å². The minimum atomic E-state index is -2.72. The van der Waals surface area contributed by atoms with Crippen molar-refractivity contribution >= 4 is 16.7 Å². The van der Waals surface area contributed by atoms with Gasteiger partial charge < -0.3 is 4.90 Å². The monoisotopic (exact) mass is 393 g/mol. The van der Waals surface area contributed by atoms with E-state index in [4.69, 9.17) is 0 Å². The zero-order valence-electron chi connectivity index (χ0n) is 14.8. The quantitative estimate of drug-likeness (QED) is 0.682. The normalized spacial score (nSPS) is 12.4. The van der Waals surface area contributed by atoms with E-state index < -0.39 is 35.6 Å². The van der Waals surface area contributed by atoms with Gasteiger partial charge in [-0.15, -0.1) is 0 Å². The molecule has 1 aromatic heterocycles. The summed E-state index contributed by atoms with van der Waals surface area (Å²) >= 11 is 0. The van der Waals surface area contributed by atoms with Gasteiger partial charge in [0, 0.05) is 23.6 Å². The zero-order valence-corrected chi connectivity index (χ0v) is 14.8. The van der Waals surface area contributed by atoms with E-state index in [0.29, 0.717) is 0 Å². The summed E-state index contributed by atoms with van der Waals surface area (Å²) in [5, 5.41) is 6.01. The molecule has 0 unspecified atom stereocenters. The number of nitrogens with zero attached hydrogens (tertiary/aromatic N) is 2. The summed E-state index contributed by atoms with van der Waals surface area (Å²) in [6.45, 7) is 1.57. The number of aromatic nitrogens is 2. The second-order valence-electron chi connectivity index (χ2n) is 6.27. The first-order valence-electron chi connectivity index (χ1n) is 8.23. The third kappa shape index (κ3) is 3.47. The number of benzene rings is 2. The van der Waals surface area contributed by atoms with E-state index >= 15 is 0 Å². The van der Waals surface area contributed by atoms with Crippen LogP contribution in [0.25, 0.3) is 10.8 Å². The Hall–Kier alpha value is -3.23. The number of halogens is 4. The molecule has 5 nitrogen and oxygen atoms in total. The van der Waals surface area contributed by atoms with Crippen molar-refractivity contribution in [3.63, 3.8) is 0 Å². The van der Waals surface area contributed by atoms with Gasteiger partial charge in [-0.2, -0.15) is 5.10 Å². The summed E-state index contributed by atoms with van der Waals surface area (Å²) in [6.07, 6.45) is -2.72. The highest BCUT2D eigenvalue weighted by atomic mass is 19.3. The summed E-state index contributed by atoms with van der Waals surface area (Å²) in [7, 11) is 1.42. The van der Waals surface area contributed by atoms with Crippen LogP contribution < -0.4 is 5.56 Å². The van der Waals surface area contributed by atoms with Gasteiger partial charge in [-0.3, -0.25) is 9.59 Å². The van der Waals surface area contributed by atoms with Crippen LogP contribution in [0, 0.1) is 11.6 Å². The maximum absolute atomic E-state index is 13.7. The highest BCUT2D eigenvalue weighted by Crippen LogP contribution is 2.27. The molecule has 0 aliphatic heterocycles. The molecule has 0 aliphatic rings. The van der Waals surface area contributed by atoms with Crippen LogP contribution in [0.5, 0.6) is 0 Å². The predicted molar refractivity (Wildman–Crippen MR) is 94.2 cm³/mol. The standard InChI is InChI=1S/C19H15F4N3O2/c1-9(26(2)19(28)11-5-3-4-10(6-11)17(22)23)16-12-7-14(20)15(21)8-13(12)18(27)25-24-16/h3-9,17H,1-2H3,(H,25,27)/t9-/m0/s1. The van der Waals surface area contributed by atoms with Gasteiger partial charge in [-0.05, 0) is 31.2 Å². The molecule has 1 atom stereocenters. The molecule has 3 rings (SSSR count). The second kappa shape index (κ2) is 7.41. The number of nitrogens with one attached hydrogen (secondary N) is 1. The first-order valence-corrected chi connectivity index (χ1v) is 8.23. The lowest BCUT2D eigenvalue weighted by Gasteiger charge is -2.25. The molecule has 3 aromatic rings. The molecule has 2 aromatic carbocycles. The first-order chi connectivity index (χ1) is 13.2. The van der Waals surface area contributed by atoms with Crippen LogP contribution in [0.15, 0.2) is 41.2 Å². The Labute approximate surface area is 156 Å². The summed E-state index contributed by atoms with van der Waals surface area (Å²) in [4.78, 5) is 25.8. The van der Waals surface area contributed by atoms with Crippen molar-refractivity contribution in [1.82, 2.24) is 15.1 Å². The Balaban J connectivity index is 2.02. The van der Waals surface area contributed by atoms with Crippen LogP contribution in [0.3, 0.4) is 0 Å². The molecule has 1 heterocycles. The number of alkyl halides is 2. The summed E-state index contributed by atoms with van der Waals surface area (Å²) in [5.74, 6) is -2.92. The number of rotatable bonds is 4. The number of amides is 1. The highest BCUT2D eigenvalue weighted by Gasteiger charge is 2.24. The van der Waals surface area contributed by atoms with Gasteiger partial charge in [0.25, 0.3) is 17.9 Å². The first kappa shape index (κ1) is 19.5. The van der Waals surface area contributed by atoms with Crippen molar-refractivity contribution in [3.8, 4) is 0 Å². The predicted octanol–water partition coefficient (Wildman–Crippen LogP) is 3.97. The molecule has 1 amide bonds. The number of carbonyl (C=O) groups excluding carboxylic acids is 1. The molecule has 146 valence electrons. The van der Waals surface area contributed by atoms with Crippen LogP contribution in [0.4, 0.5) is 17.6 Å². The number of hydrogen-bond donors (Lipinski definition) is 1. The van der Waals surface area contributed by atoms with E-state index in [1.54, 1.807) is 6.92 Å². The Morgan fingerprint density at radius 1 is 1.11 bits per heavy atom. The lowest BCUT2D eigenvalue weighted by Crippen LogP contribution is -2.31. The molecule has 28 heavy (non-hydrogen) atoms. The van der Waals surface area contributed by atoms with E-state index in [1.165, 1.54) is 30.1 Å². The lowest BCUT2D eigenvalue weighted by molar-refractivity contribution is 0.0739.